The Bertz CT molecular complexity index is 977. The molecule has 0 saturated heterocycles. The van der Waals surface area contributed by atoms with Crippen molar-refractivity contribution in [2.45, 2.75) is 10.8 Å². The highest BCUT2D eigenvalue weighted by molar-refractivity contribution is 8.01. The van der Waals surface area contributed by atoms with Crippen LogP contribution in [0.5, 0.6) is 0 Å². The number of nitrogens with zero attached hydrogens (tertiary/aromatic N) is 2. The summed E-state index contributed by atoms with van der Waals surface area (Å²) in [5.74, 6) is 0.0488. The summed E-state index contributed by atoms with van der Waals surface area (Å²) in [5.41, 5.74) is 5.56. The molecular formula is C18H13N3O2S2. The van der Waals surface area contributed by atoms with Crippen molar-refractivity contribution in [3.63, 3.8) is 0 Å². The summed E-state index contributed by atoms with van der Waals surface area (Å²) in [6.07, 6.45) is 0.227. The van der Waals surface area contributed by atoms with Gasteiger partial charge in [0, 0.05) is 11.1 Å². The number of thiazole rings is 1. The van der Waals surface area contributed by atoms with E-state index < -0.39 is 0 Å². The van der Waals surface area contributed by atoms with Gasteiger partial charge in [0.15, 0.2) is 10.1 Å². The van der Waals surface area contributed by atoms with E-state index in [9.17, 15) is 9.59 Å². The summed E-state index contributed by atoms with van der Waals surface area (Å²) in [7, 11) is 0. The van der Waals surface area contributed by atoms with Gasteiger partial charge in [-0.2, -0.15) is 5.10 Å². The first-order valence-corrected chi connectivity index (χ1v) is 9.47. The average molecular weight is 367 g/mol. The SMILES string of the molecule is O=C(CSc1nc2ccccc2s1)NN=C1CC(=O)c2ccccc21. The smallest absolute Gasteiger partial charge is 0.250 e. The van der Waals surface area contributed by atoms with Crippen LogP contribution in [-0.2, 0) is 4.79 Å². The minimum atomic E-state index is -0.214. The van der Waals surface area contributed by atoms with Crippen molar-refractivity contribution in [1.82, 2.24) is 10.4 Å². The number of amides is 1. The highest BCUT2D eigenvalue weighted by atomic mass is 32.2. The third kappa shape index (κ3) is 3.33. The molecule has 1 aromatic heterocycles. The summed E-state index contributed by atoms with van der Waals surface area (Å²) < 4.78 is 1.96. The van der Waals surface area contributed by atoms with Crippen molar-refractivity contribution in [3.05, 3.63) is 59.7 Å². The number of hydrogen-bond donors (Lipinski definition) is 1. The fourth-order valence-electron chi connectivity index (χ4n) is 2.62. The molecule has 0 spiro atoms. The molecule has 0 unspecified atom stereocenters. The molecule has 3 aromatic rings. The summed E-state index contributed by atoms with van der Waals surface area (Å²) >= 11 is 2.95. The first-order valence-electron chi connectivity index (χ1n) is 7.67. The third-order valence-electron chi connectivity index (χ3n) is 3.78. The molecule has 1 heterocycles. The van der Waals surface area contributed by atoms with E-state index in [0.717, 1.165) is 20.1 Å². The Labute approximate surface area is 152 Å². The van der Waals surface area contributed by atoms with Gasteiger partial charge in [-0.1, -0.05) is 48.2 Å². The minimum absolute atomic E-state index is 0.0347. The Hall–Kier alpha value is -2.51. The Morgan fingerprint density at radius 1 is 1.16 bits per heavy atom. The Balaban J connectivity index is 1.39. The quantitative estimate of drug-likeness (QED) is 0.566. The molecule has 1 amide bonds. The van der Waals surface area contributed by atoms with E-state index in [0.29, 0.717) is 11.3 Å². The Kier molecular flexibility index (Phi) is 4.33. The first kappa shape index (κ1) is 16.0. The number of nitrogens with one attached hydrogen (secondary N) is 1. The molecule has 5 nitrogen and oxygen atoms in total. The second-order valence-corrected chi connectivity index (χ2v) is 7.73. The third-order valence-corrected chi connectivity index (χ3v) is 5.96. The van der Waals surface area contributed by atoms with Gasteiger partial charge >= 0.3 is 0 Å². The molecule has 1 aliphatic carbocycles. The second-order valence-electron chi connectivity index (χ2n) is 5.48. The number of rotatable bonds is 4. The van der Waals surface area contributed by atoms with E-state index >= 15 is 0 Å². The molecule has 0 atom stereocenters. The number of hydrogen-bond acceptors (Lipinski definition) is 6. The van der Waals surface area contributed by atoms with Gasteiger partial charge in [0.2, 0.25) is 0 Å². The zero-order valence-electron chi connectivity index (χ0n) is 13.1. The summed E-state index contributed by atoms with van der Waals surface area (Å²) in [4.78, 5) is 28.4. The number of fused-ring (bicyclic) bond motifs is 2. The molecule has 4 rings (SSSR count). The van der Waals surface area contributed by atoms with Gasteiger partial charge < -0.3 is 0 Å². The van der Waals surface area contributed by atoms with E-state index in [1.165, 1.54) is 11.8 Å². The number of benzene rings is 2. The van der Waals surface area contributed by atoms with Gasteiger partial charge in [0.05, 0.1) is 28.1 Å². The van der Waals surface area contributed by atoms with Crippen LogP contribution in [-0.4, -0.2) is 28.1 Å². The van der Waals surface area contributed by atoms with Gasteiger partial charge in [-0.15, -0.1) is 11.3 Å². The molecule has 0 aliphatic heterocycles. The van der Waals surface area contributed by atoms with Crippen molar-refractivity contribution in [3.8, 4) is 0 Å². The molecule has 25 heavy (non-hydrogen) atoms. The van der Waals surface area contributed by atoms with Gasteiger partial charge in [0.25, 0.3) is 5.91 Å². The number of thioether (sulfide) groups is 1. The predicted molar refractivity (Wildman–Crippen MR) is 100 cm³/mol. The molecule has 124 valence electrons. The highest BCUT2D eigenvalue weighted by Gasteiger charge is 2.25. The van der Waals surface area contributed by atoms with Crippen LogP contribution in [0, 0.1) is 0 Å². The number of Topliss-reactive ketones (excluding diaryl/α,β-unsaturated/α-hetero) is 1. The van der Waals surface area contributed by atoms with Crippen molar-refractivity contribution in [2.24, 2.45) is 5.10 Å². The zero-order valence-corrected chi connectivity index (χ0v) is 14.7. The molecular weight excluding hydrogens is 354 g/mol. The number of carbonyl (C=O) groups excluding carboxylic acids is 2. The van der Waals surface area contributed by atoms with Crippen LogP contribution in [0.4, 0.5) is 0 Å². The largest absolute Gasteiger partial charge is 0.294 e. The molecule has 1 N–H and O–H groups in total. The molecule has 7 heteroatoms. The average Bonchev–Trinajstić information content (AvgIpc) is 3.19. The van der Waals surface area contributed by atoms with Crippen LogP contribution in [0.3, 0.4) is 0 Å². The summed E-state index contributed by atoms with van der Waals surface area (Å²) in [6.45, 7) is 0. The van der Waals surface area contributed by atoms with E-state index in [1.54, 1.807) is 17.4 Å². The van der Waals surface area contributed by atoms with Crippen molar-refractivity contribution in [1.29, 1.82) is 0 Å². The molecule has 2 aromatic carbocycles. The lowest BCUT2D eigenvalue weighted by Crippen LogP contribution is -2.21. The van der Waals surface area contributed by atoms with Crippen LogP contribution in [0.2, 0.25) is 0 Å². The van der Waals surface area contributed by atoms with Gasteiger partial charge in [-0.3, -0.25) is 9.59 Å². The maximum Gasteiger partial charge on any atom is 0.250 e. The highest BCUT2D eigenvalue weighted by Crippen LogP contribution is 2.29. The van der Waals surface area contributed by atoms with E-state index in [4.69, 9.17) is 0 Å². The van der Waals surface area contributed by atoms with Gasteiger partial charge in [-0.05, 0) is 12.1 Å². The van der Waals surface area contributed by atoms with Crippen LogP contribution < -0.4 is 5.43 Å². The van der Waals surface area contributed by atoms with Crippen LogP contribution in [0.25, 0.3) is 10.2 Å². The van der Waals surface area contributed by atoms with Gasteiger partial charge in [0.1, 0.15) is 0 Å². The second kappa shape index (κ2) is 6.78. The topological polar surface area (TPSA) is 71.4 Å². The number of ketones is 1. The standard InChI is InChI=1S/C18H13N3O2S2/c22-15-9-14(11-5-1-2-6-12(11)15)20-21-17(23)10-24-18-19-13-7-3-4-8-16(13)25-18/h1-8H,9-10H2,(H,21,23). The van der Waals surface area contributed by atoms with Crippen molar-refractivity contribution in [2.75, 3.05) is 5.75 Å². The van der Waals surface area contributed by atoms with Gasteiger partial charge in [-0.25, -0.2) is 10.4 Å². The van der Waals surface area contributed by atoms with E-state index in [2.05, 4.69) is 15.5 Å². The fourth-order valence-corrected chi connectivity index (χ4v) is 4.48. The maximum absolute atomic E-state index is 12.0. The minimum Gasteiger partial charge on any atom is -0.294 e. The maximum atomic E-state index is 12.0. The number of carbonyl (C=O) groups is 2. The predicted octanol–water partition coefficient (Wildman–Crippen LogP) is 3.50. The Morgan fingerprint density at radius 3 is 2.76 bits per heavy atom. The molecule has 1 aliphatic rings. The van der Waals surface area contributed by atoms with Crippen molar-refractivity contribution >= 4 is 50.7 Å². The van der Waals surface area contributed by atoms with Crippen molar-refractivity contribution < 1.29 is 9.59 Å². The normalized spacial score (nSPS) is 14.9. The summed E-state index contributed by atoms with van der Waals surface area (Å²) in [5, 5.41) is 4.14. The molecule has 0 radical (unpaired) electrons. The molecule has 0 fully saturated rings. The lowest BCUT2D eigenvalue weighted by atomic mass is 10.1. The fraction of sp³-hybridized carbons (Fsp3) is 0.111. The zero-order chi connectivity index (χ0) is 17.2. The van der Waals surface area contributed by atoms with Crippen LogP contribution in [0.1, 0.15) is 22.3 Å². The lowest BCUT2D eigenvalue weighted by molar-refractivity contribution is -0.118. The number of aromatic nitrogens is 1. The number of para-hydroxylation sites is 1. The van der Waals surface area contributed by atoms with E-state index in [-0.39, 0.29) is 23.9 Å². The lowest BCUT2D eigenvalue weighted by Gasteiger charge is -2.01. The first-order chi connectivity index (χ1) is 12.2. The monoisotopic (exact) mass is 367 g/mol. The number of hydrazone groups is 1. The molecule has 0 bridgehead atoms. The molecule has 0 saturated carbocycles. The van der Waals surface area contributed by atoms with Crippen LogP contribution >= 0.6 is 23.1 Å². The van der Waals surface area contributed by atoms with E-state index in [1.807, 2.05) is 42.5 Å². The Morgan fingerprint density at radius 2 is 1.92 bits per heavy atom. The van der Waals surface area contributed by atoms with Crippen LogP contribution in [0.15, 0.2) is 58.0 Å². The summed E-state index contributed by atoms with van der Waals surface area (Å²) in [6, 6.07) is 15.2.